The van der Waals surface area contributed by atoms with Gasteiger partial charge >= 0.3 is 0 Å². The van der Waals surface area contributed by atoms with Gasteiger partial charge in [-0.25, -0.2) is 0 Å². The van der Waals surface area contributed by atoms with Crippen molar-refractivity contribution in [2.24, 2.45) is 0 Å². The van der Waals surface area contributed by atoms with Gasteiger partial charge in [-0.2, -0.15) is 0 Å². The second-order valence-electron chi connectivity index (χ2n) is 4.67. The van der Waals surface area contributed by atoms with Crippen LogP contribution in [0.3, 0.4) is 0 Å². The monoisotopic (exact) mass is 269 g/mol. The average molecular weight is 269 g/mol. The maximum Gasteiger partial charge on any atom is 0.238 e. The molecule has 0 radical (unpaired) electrons. The standard InChI is InChI=1S/C16H15NOS/c1-12-7-9-14(10-8-12)17-15(18)11-19-16(17)13-5-3-2-4-6-13/h2-10,16H,11H2,1H3/t16-/m0/s1. The van der Waals surface area contributed by atoms with E-state index in [1.54, 1.807) is 11.8 Å². The first-order valence-corrected chi connectivity index (χ1v) is 7.36. The molecule has 1 heterocycles. The van der Waals surface area contributed by atoms with Crippen molar-refractivity contribution >= 4 is 23.4 Å². The van der Waals surface area contributed by atoms with Crippen LogP contribution in [0, 0.1) is 6.92 Å². The summed E-state index contributed by atoms with van der Waals surface area (Å²) in [6.45, 7) is 2.05. The van der Waals surface area contributed by atoms with E-state index in [0.717, 1.165) is 5.69 Å². The number of rotatable bonds is 2. The van der Waals surface area contributed by atoms with E-state index in [2.05, 4.69) is 19.1 Å². The van der Waals surface area contributed by atoms with Crippen molar-refractivity contribution in [3.05, 3.63) is 65.7 Å². The van der Waals surface area contributed by atoms with Gasteiger partial charge in [-0.1, -0.05) is 48.0 Å². The summed E-state index contributed by atoms with van der Waals surface area (Å²) in [6.07, 6.45) is 0. The van der Waals surface area contributed by atoms with Crippen molar-refractivity contribution in [3.63, 3.8) is 0 Å². The molecule has 2 aromatic rings. The Morgan fingerprint density at radius 3 is 2.42 bits per heavy atom. The number of thioether (sulfide) groups is 1. The number of carbonyl (C=O) groups is 1. The van der Waals surface area contributed by atoms with Crippen molar-refractivity contribution in [1.82, 2.24) is 0 Å². The summed E-state index contributed by atoms with van der Waals surface area (Å²) >= 11 is 1.69. The third kappa shape index (κ3) is 2.38. The fourth-order valence-electron chi connectivity index (χ4n) is 2.27. The minimum atomic E-state index is 0.0939. The number of amides is 1. The lowest BCUT2D eigenvalue weighted by molar-refractivity contribution is -0.115. The van der Waals surface area contributed by atoms with Crippen LogP contribution in [0.15, 0.2) is 54.6 Å². The van der Waals surface area contributed by atoms with Gasteiger partial charge in [0.15, 0.2) is 0 Å². The maximum atomic E-state index is 12.1. The Hall–Kier alpha value is -1.74. The van der Waals surface area contributed by atoms with Gasteiger partial charge in [0, 0.05) is 5.69 Å². The molecule has 1 aliphatic heterocycles. The van der Waals surface area contributed by atoms with Crippen molar-refractivity contribution < 1.29 is 4.79 Å². The van der Waals surface area contributed by atoms with E-state index in [0.29, 0.717) is 5.75 Å². The van der Waals surface area contributed by atoms with Crippen LogP contribution in [0.4, 0.5) is 5.69 Å². The van der Waals surface area contributed by atoms with Gasteiger partial charge in [0.1, 0.15) is 5.37 Å². The second-order valence-corrected chi connectivity index (χ2v) is 5.74. The van der Waals surface area contributed by atoms with E-state index >= 15 is 0 Å². The zero-order valence-electron chi connectivity index (χ0n) is 10.7. The molecule has 0 unspecified atom stereocenters. The van der Waals surface area contributed by atoms with Gasteiger partial charge in [0.2, 0.25) is 5.91 Å². The quantitative estimate of drug-likeness (QED) is 0.827. The van der Waals surface area contributed by atoms with Crippen molar-refractivity contribution in [1.29, 1.82) is 0 Å². The Bertz CT molecular complexity index is 579. The van der Waals surface area contributed by atoms with Crippen LogP contribution >= 0.6 is 11.8 Å². The SMILES string of the molecule is Cc1ccc(N2C(=O)CS[C@H]2c2ccccc2)cc1. The molecule has 0 spiro atoms. The Morgan fingerprint density at radius 1 is 1.05 bits per heavy atom. The minimum Gasteiger partial charge on any atom is -0.295 e. The van der Waals surface area contributed by atoms with Crippen LogP contribution < -0.4 is 4.90 Å². The van der Waals surface area contributed by atoms with Crippen molar-refractivity contribution in [2.45, 2.75) is 12.3 Å². The van der Waals surface area contributed by atoms with Crippen LogP contribution in [0.5, 0.6) is 0 Å². The molecule has 0 N–H and O–H groups in total. The molecular formula is C16H15NOS. The summed E-state index contributed by atoms with van der Waals surface area (Å²) < 4.78 is 0. The number of nitrogens with zero attached hydrogens (tertiary/aromatic N) is 1. The zero-order valence-corrected chi connectivity index (χ0v) is 11.6. The topological polar surface area (TPSA) is 20.3 Å². The third-order valence-electron chi connectivity index (χ3n) is 3.26. The molecule has 0 saturated carbocycles. The summed E-state index contributed by atoms with van der Waals surface area (Å²) in [5.41, 5.74) is 3.37. The molecule has 0 aliphatic carbocycles. The number of hydrogen-bond donors (Lipinski definition) is 0. The van der Waals surface area contributed by atoms with Crippen LogP contribution in [-0.2, 0) is 4.79 Å². The molecule has 2 nitrogen and oxygen atoms in total. The van der Waals surface area contributed by atoms with Crippen LogP contribution in [-0.4, -0.2) is 11.7 Å². The molecule has 1 amide bonds. The van der Waals surface area contributed by atoms with Crippen molar-refractivity contribution in [2.75, 3.05) is 10.7 Å². The molecular weight excluding hydrogens is 254 g/mol. The van der Waals surface area contributed by atoms with E-state index in [-0.39, 0.29) is 11.3 Å². The van der Waals surface area contributed by atoms with E-state index in [4.69, 9.17) is 0 Å². The lowest BCUT2D eigenvalue weighted by atomic mass is 10.1. The Kier molecular flexibility index (Phi) is 3.30. The minimum absolute atomic E-state index is 0.0939. The van der Waals surface area contributed by atoms with Gasteiger partial charge < -0.3 is 0 Å². The largest absolute Gasteiger partial charge is 0.295 e. The Labute approximate surface area is 117 Å². The molecule has 1 fully saturated rings. The van der Waals surface area contributed by atoms with Crippen LogP contribution in [0.2, 0.25) is 0 Å². The Balaban J connectivity index is 1.97. The highest BCUT2D eigenvalue weighted by atomic mass is 32.2. The molecule has 0 aromatic heterocycles. The van der Waals surface area contributed by atoms with Gasteiger partial charge in [-0.3, -0.25) is 9.69 Å². The van der Waals surface area contributed by atoms with Gasteiger partial charge in [-0.05, 0) is 24.6 Å². The summed E-state index contributed by atoms with van der Waals surface area (Å²) in [6, 6.07) is 18.3. The molecule has 1 aliphatic rings. The molecule has 96 valence electrons. The summed E-state index contributed by atoms with van der Waals surface area (Å²) in [5, 5.41) is 0.0939. The van der Waals surface area contributed by atoms with E-state index in [1.165, 1.54) is 11.1 Å². The van der Waals surface area contributed by atoms with E-state index in [9.17, 15) is 4.79 Å². The predicted octanol–water partition coefficient (Wildman–Crippen LogP) is 3.77. The number of benzene rings is 2. The first-order chi connectivity index (χ1) is 9.25. The molecule has 3 heteroatoms. The number of aryl methyl sites for hydroxylation is 1. The summed E-state index contributed by atoms with van der Waals surface area (Å²) in [5.74, 6) is 0.732. The zero-order chi connectivity index (χ0) is 13.2. The number of hydrogen-bond acceptors (Lipinski definition) is 2. The molecule has 1 atom stereocenters. The lowest BCUT2D eigenvalue weighted by Crippen LogP contribution is -2.27. The summed E-state index contributed by atoms with van der Waals surface area (Å²) in [4.78, 5) is 14.1. The highest BCUT2D eigenvalue weighted by molar-refractivity contribution is 8.00. The first-order valence-electron chi connectivity index (χ1n) is 6.31. The number of carbonyl (C=O) groups excluding carboxylic acids is 1. The molecule has 2 aromatic carbocycles. The normalized spacial score (nSPS) is 18.9. The fraction of sp³-hybridized carbons (Fsp3) is 0.188. The smallest absolute Gasteiger partial charge is 0.238 e. The summed E-state index contributed by atoms with van der Waals surface area (Å²) in [7, 11) is 0. The van der Waals surface area contributed by atoms with Gasteiger partial charge in [0.05, 0.1) is 5.75 Å². The molecule has 0 bridgehead atoms. The van der Waals surface area contributed by atoms with E-state index in [1.807, 2.05) is 47.4 Å². The predicted molar refractivity (Wildman–Crippen MR) is 80.3 cm³/mol. The molecule has 1 saturated heterocycles. The molecule has 19 heavy (non-hydrogen) atoms. The van der Waals surface area contributed by atoms with Crippen LogP contribution in [0.25, 0.3) is 0 Å². The third-order valence-corrected chi connectivity index (χ3v) is 4.48. The second kappa shape index (κ2) is 5.10. The number of anilines is 1. The average Bonchev–Trinajstić information content (AvgIpc) is 2.83. The highest BCUT2D eigenvalue weighted by Crippen LogP contribution is 2.41. The first kappa shape index (κ1) is 12.3. The maximum absolute atomic E-state index is 12.1. The highest BCUT2D eigenvalue weighted by Gasteiger charge is 2.33. The van der Waals surface area contributed by atoms with E-state index < -0.39 is 0 Å². The fourth-order valence-corrected chi connectivity index (χ4v) is 3.45. The van der Waals surface area contributed by atoms with Crippen molar-refractivity contribution in [3.8, 4) is 0 Å². The Morgan fingerprint density at radius 2 is 1.74 bits per heavy atom. The lowest BCUT2D eigenvalue weighted by Gasteiger charge is -2.24. The van der Waals surface area contributed by atoms with Gasteiger partial charge in [-0.15, -0.1) is 11.8 Å². The molecule has 3 rings (SSSR count). The van der Waals surface area contributed by atoms with Gasteiger partial charge in [0.25, 0.3) is 0 Å². The van der Waals surface area contributed by atoms with Crippen LogP contribution in [0.1, 0.15) is 16.5 Å².